The molecule has 6 nitrogen and oxygen atoms in total. The zero-order valence-corrected chi connectivity index (χ0v) is 18.0. The fourth-order valence-electron chi connectivity index (χ4n) is 4.25. The van der Waals surface area contributed by atoms with Crippen LogP contribution in [0.2, 0.25) is 0 Å². The maximum absolute atomic E-state index is 13.1. The molecule has 1 atom stereocenters. The molecule has 4 rings (SSSR count). The number of benzene rings is 3. The van der Waals surface area contributed by atoms with Crippen molar-refractivity contribution >= 4 is 28.2 Å². The lowest BCUT2D eigenvalue weighted by Gasteiger charge is -2.25. The Bertz CT molecular complexity index is 1220. The SMILES string of the molecule is CCCN1C(=O)C(=O)/C(=C(/O)c2cccc3ccccc23)C1c1ccc(O)c(OCC)c1. The number of hydrogen-bond donors (Lipinski definition) is 2. The van der Waals surface area contributed by atoms with Gasteiger partial charge in [-0.1, -0.05) is 55.5 Å². The number of hydrogen-bond acceptors (Lipinski definition) is 5. The average molecular weight is 431 g/mol. The molecule has 2 N–H and O–H groups in total. The van der Waals surface area contributed by atoms with Crippen molar-refractivity contribution in [2.75, 3.05) is 13.2 Å². The van der Waals surface area contributed by atoms with Crippen molar-refractivity contribution in [1.29, 1.82) is 0 Å². The average Bonchev–Trinajstić information content (AvgIpc) is 3.05. The molecule has 1 heterocycles. The second-order valence-corrected chi connectivity index (χ2v) is 7.68. The van der Waals surface area contributed by atoms with Crippen LogP contribution < -0.4 is 4.74 Å². The van der Waals surface area contributed by atoms with Crippen LogP contribution in [-0.4, -0.2) is 40.0 Å². The van der Waals surface area contributed by atoms with Crippen molar-refractivity contribution < 1.29 is 24.5 Å². The number of likely N-dealkylation sites (tertiary alicyclic amines) is 1. The number of aliphatic hydroxyl groups is 1. The number of amides is 1. The molecule has 1 saturated heterocycles. The minimum Gasteiger partial charge on any atom is -0.507 e. The van der Waals surface area contributed by atoms with Crippen molar-refractivity contribution in [3.63, 3.8) is 0 Å². The molecule has 1 amide bonds. The maximum Gasteiger partial charge on any atom is 0.295 e. The molecule has 0 bridgehead atoms. The minimum absolute atomic E-state index is 0.0305. The zero-order valence-electron chi connectivity index (χ0n) is 18.0. The van der Waals surface area contributed by atoms with Gasteiger partial charge < -0.3 is 19.8 Å². The van der Waals surface area contributed by atoms with Gasteiger partial charge >= 0.3 is 0 Å². The molecule has 3 aromatic rings. The molecule has 164 valence electrons. The third kappa shape index (κ3) is 3.58. The molecule has 0 aromatic heterocycles. The van der Waals surface area contributed by atoms with Gasteiger partial charge in [0.05, 0.1) is 18.2 Å². The van der Waals surface area contributed by atoms with E-state index in [1.54, 1.807) is 25.1 Å². The summed E-state index contributed by atoms with van der Waals surface area (Å²) in [6.07, 6.45) is 0.647. The van der Waals surface area contributed by atoms with Crippen LogP contribution in [-0.2, 0) is 9.59 Å². The lowest BCUT2D eigenvalue weighted by molar-refractivity contribution is -0.139. The van der Waals surface area contributed by atoms with E-state index in [0.717, 1.165) is 10.8 Å². The van der Waals surface area contributed by atoms with Crippen molar-refractivity contribution in [1.82, 2.24) is 4.90 Å². The van der Waals surface area contributed by atoms with E-state index in [2.05, 4.69) is 0 Å². The standard InChI is InChI=1S/C26H25NO5/c1-3-14-27-23(17-12-13-20(28)21(15-17)32-4-2)22(25(30)26(27)31)24(29)19-11-7-9-16-8-5-6-10-18(16)19/h5-13,15,23,28-29H,3-4,14H2,1-2H3/b24-22+. The highest BCUT2D eigenvalue weighted by atomic mass is 16.5. The Morgan fingerprint density at radius 3 is 2.53 bits per heavy atom. The Morgan fingerprint density at radius 1 is 1.03 bits per heavy atom. The van der Waals surface area contributed by atoms with E-state index in [4.69, 9.17) is 4.74 Å². The number of carbonyl (C=O) groups excluding carboxylic acids is 2. The summed E-state index contributed by atoms with van der Waals surface area (Å²) in [5, 5.41) is 23.2. The van der Waals surface area contributed by atoms with Gasteiger partial charge in [0.1, 0.15) is 5.76 Å². The molecule has 0 saturated carbocycles. The van der Waals surface area contributed by atoms with Gasteiger partial charge in [0, 0.05) is 12.1 Å². The van der Waals surface area contributed by atoms with Gasteiger partial charge in [-0.15, -0.1) is 0 Å². The lowest BCUT2D eigenvalue weighted by atomic mass is 9.93. The first-order valence-corrected chi connectivity index (χ1v) is 10.7. The molecule has 0 radical (unpaired) electrons. The second kappa shape index (κ2) is 8.75. The first-order valence-electron chi connectivity index (χ1n) is 10.7. The molecule has 6 heteroatoms. The smallest absolute Gasteiger partial charge is 0.295 e. The van der Waals surface area contributed by atoms with Crippen LogP contribution in [0.5, 0.6) is 11.5 Å². The summed E-state index contributed by atoms with van der Waals surface area (Å²) in [5.41, 5.74) is 1.11. The molecule has 1 aliphatic rings. The third-order valence-corrected chi connectivity index (χ3v) is 5.65. The summed E-state index contributed by atoms with van der Waals surface area (Å²) in [4.78, 5) is 27.5. The van der Waals surface area contributed by atoms with Gasteiger partial charge in [-0.3, -0.25) is 9.59 Å². The Morgan fingerprint density at radius 2 is 1.78 bits per heavy atom. The molecule has 1 unspecified atom stereocenters. The van der Waals surface area contributed by atoms with Gasteiger partial charge in [-0.25, -0.2) is 0 Å². The lowest BCUT2D eigenvalue weighted by Crippen LogP contribution is -2.30. The number of carbonyl (C=O) groups is 2. The minimum atomic E-state index is -0.784. The second-order valence-electron chi connectivity index (χ2n) is 7.68. The van der Waals surface area contributed by atoms with E-state index in [9.17, 15) is 19.8 Å². The predicted octanol–water partition coefficient (Wildman–Crippen LogP) is 4.78. The highest BCUT2D eigenvalue weighted by Gasteiger charge is 2.46. The number of phenols is 1. The molecule has 0 aliphatic carbocycles. The van der Waals surface area contributed by atoms with Gasteiger partial charge in [0.15, 0.2) is 11.5 Å². The summed E-state index contributed by atoms with van der Waals surface area (Å²) >= 11 is 0. The molecule has 1 fully saturated rings. The molecule has 1 aliphatic heterocycles. The van der Waals surface area contributed by atoms with Crippen molar-refractivity contribution in [3.05, 3.63) is 77.4 Å². The van der Waals surface area contributed by atoms with Gasteiger partial charge in [0.2, 0.25) is 0 Å². The highest BCUT2D eigenvalue weighted by molar-refractivity contribution is 6.46. The van der Waals surface area contributed by atoms with Crippen LogP contribution in [0.4, 0.5) is 0 Å². The number of rotatable bonds is 6. The summed E-state index contributed by atoms with van der Waals surface area (Å²) < 4.78 is 5.51. The number of nitrogens with zero attached hydrogens (tertiary/aromatic N) is 1. The van der Waals surface area contributed by atoms with Crippen LogP contribution in [0.15, 0.2) is 66.2 Å². The number of Topliss-reactive ketones (excluding diaryl/α,β-unsaturated/α-hetero) is 1. The van der Waals surface area contributed by atoms with E-state index in [1.807, 2.05) is 43.3 Å². The van der Waals surface area contributed by atoms with Crippen molar-refractivity contribution in [2.45, 2.75) is 26.3 Å². The summed E-state index contributed by atoms with van der Waals surface area (Å²) in [6.45, 7) is 4.42. The maximum atomic E-state index is 13.1. The number of fused-ring (bicyclic) bond motifs is 1. The van der Waals surface area contributed by atoms with E-state index < -0.39 is 17.7 Å². The molecule has 32 heavy (non-hydrogen) atoms. The normalized spacial score (nSPS) is 17.8. The first-order chi connectivity index (χ1) is 15.5. The van der Waals surface area contributed by atoms with E-state index in [0.29, 0.717) is 30.7 Å². The first kappa shape index (κ1) is 21.4. The molecular formula is C26H25NO5. The van der Waals surface area contributed by atoms with Crippen molar-refractivity contribution in [3.8, 4) is 11.5 Å². The number of ketones is 1. The fraction of sp³-hybridized carbons (Fsp3) is 0.231. The number of aromatic hydroxyl groups is 1. The fourth-order valence-corrected chi connectivity index (χ4v) is 4.25. The number of ether oxygens (including phenoxy) is 1. The number of aliphatic hydroxyl groups excluding tert-OH is 1. The summed E-state index contributed by atoms with van der Waals surface area (Å²) in [7, 11) is 0. The van der Waals surface area contributed by atoms with Gasteiger partial charge in [-0.05, 0) is 41.8 Å². The molecule has 0 spiro atoms. The third-order valence-electron chi connectivity index (χ3n) is 5.65. The van der Waals surface area contributed by atoms with Crippen LogP contribution in [0.3, 0.4) is 0 Å². The largest absolute Gasteiger partial charge is 0.507 e. The Hall–Kier alpha value is -3.80. The Kier molecular flexibility index (Phi) is 5.86. The van der Waals surface area contributed by atoms with E-state index >= 15 is 0 Å². The van der Waals surface area contributed by atoms with Crippen LogP contribution in [0.25, 0.3) is 16.5 Å². The van der Waals surface area contributed by atoms with E-state index in [1.165, 1.54) is 11.0 Å². The highest BCUT2D eigenvalue weighted by Crippen LogP contribution is 2.42. The predicted molar refractivity (Wildman–Crippen MR) is 123 cm³/mol. The van der Waals surface area contributed by atoms with Crippen LogP contribution in [0.1, 0.15) is 37.4 Å². The van der Waals surface area contributed by atoms with Gasteiger partial charge in [0.25, 0.3) is 11.7 Å². The molecule has 3 aromatic carbocycles. The van der Waals surface area contributed by atoms with Crippen molar-refractivity contribution in [2.24, 2.45) is 0 Å². The van der Waals surface area contributed by atoms with Crippen LogP contribution >= 0.6 is 0 Å². The summed E-state index contributed by atoms with van der Waals surface area (Å²) in [6, 6.07) is 17.0. The van der Waals surface area contributed by atoms with Gasteiger partial charge in [-0.2, -0.15) is 0 Å². The quantitative estimate of drug-likeness (QED) is 0.333. The topological polar surface area (TPSA) is 87.1 Å². The number of phenolic OH excluding ortho intramolecular Hbond substituents is 1. The molecular weight excluding hydrogens is 406 g/mol. The van der Waals surface area contributed by atoms with E-state index in [-0.39, 0.29) is 22.8 Å². The van der Waals surface area contributed by atoms with Crippen LogP contribution in [0, 0.1) is 0 Å². The Balaban J connectivity index is 1.95. The summed E-state index contributed by atoms with van der Waals surface area (Å²) in [5.74, 6) is -1.35. The Labute approximate surface area is 186 Å². The zero-order chi connectivity index (χ0) is 22.8. The monoisotopic (exact) mass is 431 g/mol.